The van der Waals surface area contributed by atoms with Crippen LogP contribution in [-0.2, 0) is 11.3 Å². The van der Waals surface area contributed by atoms with Gasteiger partial charge in [-0.05, 0) is 30.5 Å². The van der Waals surface area contributed by atoms with E-state index in [2.05, 4.69) is 10.6 Å². The third kappa shape index (κ3) is 4.89. The number of thiophene rings is 1. The summed E-state index contributed by atoms with van der Waals surface area (Å²) < 4.78 is 0. The minimum atomic E-state index is -0.470. The highest BCUT2D eigenvalue weighted by atomic mass is 32.1. The first-order valence-corrected chi connectivity index (χ1v) is 7.97. The van der Waals surface area contributed by atoms with E-state index in [0.717, 1.165) is 10.6 Å². The van der Waals surface area contributed by atoms with Gasteiger partial charge in [0, 0.05) is 17.1 Å². The Labute approximate surface area is 134 Å². The normalized spacial score (nSPS) is 10.0. The van der Waals surface area contributed by atoms with Gasteiger partial charge in [0.25, 0.3) is 0 Å². The van der Waals surface area contributed by atoms with Gasteiger partial charge in [0.05, 0.1) is 13.1 Å². The SMILES string of the molecule is CCN(CC(=O)NC(=O)NCc1cccs1)c1ccccc1. The molecule has 22 heavy (non-hydrogen) atoms. The summed E-state index contributed by atoms with van der Waals surface area (Å²) >= 11 is 1.56. The first kappa shape index (κ1) is 16.0. The first-order chi connectivity index (χ1) is 10.7. The van der Waals surface area contributed by atoms with Gasteiger partial charge in [-0.2, -0.15) is 0 Å². The molecule has 2 aromatic rings. The van der Waals surface area contributed by atoms with Gasteiger partial charge in [0.2, 0.25) is 5.91 Å². The van der Waals surface area contributed by atoms with Crippen LogP contribution in [0.1, 0.15) is 11.8 Å². The molecule has 0 saturated carbocycles. The molecule has 0 unspecified atom stereocenters. The van der Waals surface area contributed by atoms with E-state index in [9.17, 15) is 9.59 Å². The molecule has 2 rings (SSSR count). The fourth-order valence-electron chi connectivity index (χ4n) is 1.99. The van der Waals surface area contributed by atoms with E-state index in [1.807, 2.05) is 59.7 Å². The lowest BCUT2D eigenvalue weighted by Crippen LogP contribution is -2.44. The number of benzene rings is 1. The fraction of sp³-hybridized carbons (Fsp3) is 0.250. The molecule has 116 valence electrons. The molecule has 0 atom stereocenters. The van der Waals surface area contributed by atoms with Crippen LogP contribution in [0.25, 0.3) is 0 Å². The largest absolute Gasteiger partial charge is 0.362 e. The number of amides is 3. The second-order valence-electron chi connectivity index (χ2n) is 4.66. The van der Waals surface area contributed by atoms with Crippen LogP contribution >= 0.6 is 11.3 Å². The van der Waals surface area contributed by atoms with Crippen molar-refractivity contribution in [1.29, 1.82) is 0 Å². The van der Waals surface area contributed by atoms with Crippen LogP contribution < -0.4 is 15.5 Å². The maximum Gasteiger partial charge on any atom is 0.321 e. The van der Waals surface area contributed by atoms with E-state index < -0.39 is 6.03 Å². The molecule has 1 aromatic heterocycles. The monoisotopic (exact) mass is 317 g/mol. The van der Waals surface area contributed by atoms with E-state index in [1.165, 1.54) is 0 Å². The van der Waals surface area contributed by atoms with Gasteiger partial charge in [-0.3, -0.25) is 10.1 Å². The van der Waals surface area contributed by atoms with E-state index in [1.54, 1.807) is 11.3 Å². The third-order valence-electron chi connectivity index (χ3n) is 3.09. The summed E-state index contributed by atoms with van der Waals surface area (Å²) in [6.07, 6.45) is 0. The Bertz CT molecular complexity index is 599. The summed E-state index contributed by atoms with van der Waals surface area (Å²) in [5.74, 6) is -0.325. The molecule has 3 amide bonds. The molecular formula is C16H19N3O2S. The van der Waals surface area contributed by atoms with Crippen molar-refractivity contribution in [3.05, 3.63) is 52.7 Å². The van der Waals surface area contributed by atoms with Gasteiger partial charge in [0.15, 0.2) is 0 Å². The van der Waals surface area contributed by atoms with Crippen LogP contribution in [0.15, 0.2) is 47.8 Å². The van der Waals surface area contributed by atoms with Crippen LogP contribution in [-0.4, -0.2) is 25.0 Å². The van der Waals surface area contributed by atoms with E-state index >= 15 is 0 Å². The zero-order valence-electron chi connectivity index (χ0n) is 12.4. The minimum Gasteiger partial charge on any atom is -0.362 e. The second-order valence-corrected chi connectivity index (χ2v) is 5.69. The van der Waals surface area contributed by atoms with Crippen molar-refractivity contribution >= 4 is 29.0 Å². The zero-order valence-corrected chi connectivity index (χ0v) is 13.2. The van der Waals surface area contributed by atoms with Crippen molar-refractivity contribution in [1.82, 2.24) is 10.6 Å². The van der Waals surface area contributed by atoms with Gasteiger partial charge < -0.3 is 10.2 Å². The molecule has 0 radical (unpaired) electrons. The average molecular weight is 317 g/mol. The lowest BCUT2D eigenvalue weighted by atomic mass is 10.3. The van der Waals surface area contributed by atoms with Crippen molar-refractivity contribution in [3.63, 3.8) is 0 Å². The van der Waals surface area contributed by atoms with Gasteiger partial charge in [-0.15, -0.1) is 11.3 Å². The third-order valence-corrected chi connectivity index (χ3v) is 3.97. The Hall–Kier alpha value is -2.34. The van der Waals surface area contributed by atoms with Crippen LogP contribution in [0.3, 0.4) is 0 Å². The van der Waals surface area contributed by atoms with Crippen LogP contribution in [0, 0.1) is 0 Å². The molecule has 1 aromatic carbocycles. The number of urea groups is 1. The molecule has 0 fully saturated rings. The van der Waals surface area contributed by atoms with Crippen molar-refractivity contribution in [3.8, 4) is 0 Å². The highest BCUT2D eigenvalue weighted by Gasteiger charge is 2.12. The summed E-state index contributed by atoms with van der Waals surface area (Å²) in [5, 5.41) is 6.96. The Kier molecular flexibility index (Phi) is 5.97. The van der Waals surface area contributed by atoms with Gasteiger partial charge >= 0.3 is 6.03 Å². The van der Waals surface area contributed by atoms with E-state index in [0.29, 0.717) is 13.1 Å². The maximum atomic E-state index is 11.9. The second kappa shape index (κ2) is 8.19. The molecule has 1 heterocycles. The Morgan fingerprint density at radius 3 is 2.55 bits per heavy atom. The number of hydrogen-bond acceptors (Lipinski definition) is 4. The molecule has 2 N–H and O–H groups in total. The van der Waals surface area contributed by atoms with Crippen molar-refractivity contribution < 1.29 is 9.59 Å². The highest BCUT2D eigenvalue weighted by molar-refractivity contribution is 7.09. The molecule has 0 aliphatic rings. The number of nitrogens with zero attached hydrogens (tertiary/aromatic N) is 1. The Morgan fingerprint density at radius 1 is 1.14 bits per heavy atom. The highest BCUT2D eigenvalue weighted by Crippen LogP contribution is 2.12. The number of hydrogen-bond donors (Lipinski definition) is 2. The summed E-state index contributed by atoms with van der Waals surface area (Å²) in [4.78, 5) is 26.6. The number of likely N-dealkylation sites (N-methyl/N-ethyl adjacent to an activating group) is 1. The molecule has 0 saturated heterocycles. The van der Waals surface area contributed by atoms with Gasteiger partial charge in [-0.25, -0.2) is 4.79 Å². The van der Waals surface area contributed by atoms with Crippen LogP contribution in [0.2, 0.25) is 0 Å². The van der Waals surface area contributed by atoms with Crippen molar-refractivity contribution in [2.24, 2.45) is 0 Å². The average Bonchev–Trinajstić information content (AvgIpc) is 3.05. The van der Waals surface area contributed by atoms with Crippen LogP contribution in [0.5, 0.6) is 0 Å². The molecule has 6 heteroatoms. The number of imide groups is 1. The molecular weight excluding hydrogens is 298 g/mol. The molecule has 0 bridgehead atoms. The zero-order chi connectivity index (χ0) is 15.8. The topological polar surface area (TPSA) is 61.4 Å². The number of anilines is 1. The lowest BCUT2D eigenvalue weighted by Gasteiger charge is -2.22. The number of rotatable bonds is 6. The summed E-state index contributed by atoms with van der Waals surface area (Å²) in [7, 11) is 0. The predicted octanol–water partition coefficient (Wildman–Crippen LogP) is 2.60. The summed E-state index contributed by atoms with van der Waals surface area (Å²) in [6, 6.07) is 13.0. The van der Waals surface area contributed by atoms with Crippen LogP contribution in [0.4, 0.5) is 10.5 Å². The number of nitrogens with one attached hydrogen (secondary N) is 2. The van der Waals surface area contributed by atoms with E-state index in [-0.39, 0.29) is 12.5 Å². The number of carbonyl (C=O) groups excluding carboxylic acids is 2. The quantitative estimate of drug-likeness (QED) is 0.861. The van der Waals surface area contributed by atoms with Gasteiger partial charge in [-0.1, -0.05) is 24.3 Å². The molecule has 5 nitrogen and oxygen atoms in total. The lowest BCUT2D eigenvalue weighted by molar-refractivity contribution is -0.118. The van der Waals surface area contributed by atoms with Crippen molar-refractivity contribution in [2.45, 2.75) is 13.5 Å². The molecule has 0 spiro atoms. The first-order valence-electron chi connectivity index (χ1n) is 7.09. The van der Waals surface area contributed by atoms with Crippen molar-refractivity contribution in [2.75, 3.05) is 18.0 Å². The standard InChI is InChI=1S/C16H19N3O2S/c1-2-19(13-7-4-3-5-8-13)12-15(20)18-16(21)17-11-14-9-6-10-22-14/h3-10H,2,11-12H2,1H3,(H2,17,18,20,21). The molecule has 0 aliphatic carbocycles. The van der Waals surface area contributed by atoms with Gasteiger partial charge in [0.1, 0.15) is 0 Å². The van der Waals surface area contributed by atoms with E-state index in [4.69, 9.17) is 0 Å². The molecule has 0 aliphatic heterocycles. The Morgan fingerprint density at radius 2 is 1.91 bits per heavy atom. The minimum absolute atomic E-state index is 0.146. The summed E-state index contributed by atoms with van der Waals surface area (Å²) in [5.41, 5.74) is 0.958. The summed E-state index contributed by atoms with van der Waals surface area (Å²) in [6.45, 7) is 3.23. The Balaban J connectivity index is 1.80. The smallest absolute Gasteiger partial charge is 0.321 e. The predicted molar refractivity (Wildman–Crippen MR) is 89.0 cm³/mol. The number of carbonyl (C=O) groups is 2. The fourth-order valence-corrected chi connectivity index (χ4v) is 2.63. The number of para-hydroxylation sites is 1. The maximum absolute atomic E-state index is 11.9.